The third-order valence-electron chi connectivity index (χ3n) is 0.860. The summed E-state index contributed by atoms with van der Waals surface area (Å²) >= 11 is 0. The maximum atomic E-state index is 12.1. The Labute approximate surface area is 63.2 Å². The molecule has 0 saturated carbocycles. The SMILES string of the molecule is CC(F)S(=O)(=O)COC(N)=O. The number of amides is 1. The van der Waals surface area contributed by atoms with Gasteiger partial charge in [-0.3, -0.25) is 0 Å². The van der Waals surface area contributed by atoms with Gasteiger partial charge >= 0.3 is 6.09 Å². The predicted molar refractivity (Wildman–Crippen MR) is 35.0 cm³/mol. The molecule has 7 heteroatoms. The number of hydrogen-bond acceptors (Lipinski definition) is 4. The molecule has 0 aromatic heterocycles. The van der Waals surface area contributed by atoms with Gasteiger partial charge < -0.3 is 10.5 Å². The minimum atomic E-state index is -3.98. The van der Waals surface area contributed by atoms with Gasteiger partial charge in [0.05, 0.1) is 0 Å². The molecule has 0 rings (SSSR count). The van der Waals surface area contributed by atoms with Crippen LogP contribution in [0.1, 0.15) is 6.92 Å². The summed E-state index contributed by atoms with van der Waals surface area (Å²) < 4.78 is 37.0. The number of carbonyl (C=O) groups is 1. The Morgan fingerprint density at radius 3 is 2.45 bits per heavy atom. The fourth-order valence-corrected chi connectivity index (χ4v) is 0.702. The number of alkyl halides is 1. The second-order valence-electron chi connectivity index (χ2n) is 1.79. The van der Waals surface area contributed by atoms with E-state index < -0.39 is 27.4 Å². The van der Waals surface area contributed by atoms with Crippen LogP contribution in [0.2, 0.25) is 0 Å². The molecular weight excluding hydrogens is 177 g/mol. The second-order valence-corrected chi connectivity index (χ2v) is 4.00. The minimum absolute atomic E-state index is 0.833. The zero-order valence-corrected chi connectivity index (χ0v) is 6.60. The highest BCUT2D eigenvalue weighted by atomic mass is 32.2. The van der Waals surface area contributed by atoms with E-state index in [1.807, 2.05) is 0 Å². The first-order valence-electron chi connectivity index (χ1n) is 2.64. The van der Waals surface area contributed by atoms with E-state index in [9.17, 15) is 17.6 Å². The highest BCUT2D eigenvalue weighted by Gasteiger charge is 2.20. The van der Waals surface area contributed by atoms with Crippen LogP contribution in [-0.4, -0.2) is 26.0 Å². The van der Waals surface area contributed by atoms with E-state index in [0.29, 0.717) is 0 Å². The normalized spacial score (nSPS) is 14.0. The van der Waals surface area contributed by atoms with Gasteiger partial charge in [0.25, 0.3) is 0 Å². The Bertz CT molecular complexity index is 234. The molecule has 0 aliphatic carbocycles. The van der Waals surface area contributed by atoms with Crippen LogP contribution < -0.4 is 5.73 Å². The average molecular weight is 185 g/mol. The predicted octanol–water partition coefficient (Wildman–Crippen LogP) is -0.230. The molecule has 5 nitrogen and oxygen atoms in total. The third kappa shape index (κ3) is 3.76. The number of hydrogen-bond donors (Lipinski definition) is 1. The summed E-state index contributed by atoms with van der Waals surface area (Å²) in [6, 6.07) is 0. The Balaban J connectivity index is 4.05. The van der Waals surface area contributed by atoms with Crippen molar-refractivity contribution in [2.75, 3.05) is 5.94 Å². The summed E-state index contributed by atoms with van der Waals surface area (Å²) in [7, 11) is -3.98. The number of sulfone groups is 1. The molecule has 0 bridgehead atoms. The van der Waals surface area contributed by atoms with E-state index in [1.165, 1.54) is 0 Å². The van der Waals surface area contributed by atoms with Crippen LogP contribution in [0.15, 0.2) is 0 Å². The summed E-state index contributed by atoms with van der Waals surface area (Å²) in [4.78, 5) is 9.88. The lowest BCUT2D eigenvalue weighted by molar-refractivity contribution is 0.173. The van der Waals surface area contributed by atoms with Crippen molar-refractivity contribution < 1.29 is 22.3 Å². The van der Waals surface area contributed by atoms with Crippen LogP contribution in [0.25, 0.3) is 0 Å². The van der Waals surface area contributed by atoms with Crippen LogP contribution in [0, 0.1) is 0 Å². The quantitative estimate of drug-likeness (QED) is 0.657. The molecule has 0 heterocycles. The first-order chi connectivity index (χ1) is 4.86. The Morgan fingerprint density at radius 1 is 1.73 bits per heavy atom. The van der Waals surface area contributed by atoms with Crippen molar-refractivity contribution in [3.05, 3.63) is 0 Å². The summed E-state index contributed by atoms with van der Waals surface area (Å²) in [6.07, 6.45) is -1.24. The lowest BCUT2D eigenvalue weighted by Gasteiger charge is -2.03. The van der Waals surface area contributed by atoms with Gasteiger partial charge in [0, 0.05) is 0 Å². The topological polar surface area (TPSA) is 86.5 Å². The van der Waals surface area contributed by atoms with Crippen LogP contribution in [-0.2, 0) is 14.6 Å². The molecule has 0 aliphatic heterocycles. The second kappa shape index (κ2) is 3.51. The first-order valence-corrected chi connectivity index (χ1v) is 4.35. The summed E-state index contributed by atoms with van der Waals surface area (Å²) in [5, 5.41) is 0. The number of carbonyl (C=O) groups excluding carboxylic acids is 1. The van der Waals surface area contributed by atoms with E-state index in [0.717, 1.165) is 6.92 Å². The fraction of sp³-hybridized carbons (Fsp3) is 0.750. The standard InChI is InChI=1S/C4H8FNO4S/c1-3(5)11(8,9)2-10-4(6)7/h3H,2H2,1H3,(H2,6,7). The summed E-state index contributed by atoms with van der Waals surface area (Å²) in [5.41, 5.74) is 2.40. The number of halogens is 1. The van der Waals surface area contributed by atoms with E-state index >= 15 is 0 Å². The number of rotatable bonds is 3. The molecule has 1 amide bonds. The van der Waals surface area contributed by atoms with Crippen LogP contribution >= 0.6 is 0 Å². The van der Waals surface area contributed by atoms with Crippen molar-refractivity contribution in [1.29, 1.82) is 0 Å². The highest BCUT2D eigenvalue weighted by molar-refractivity contribution is 7.91. The van der Waals surface area contributed by atoms with E-state index in [1.54, 1.807) is 0 Å². The molecular formula is C4H8FNO4S. The average Bonchev–Trinajstić information content (AvgIpc) is 1.84. The van der Waals surface area contributed by atoms with Gasteiger partial charge in [-0.15, -0.1) is 0 Å². The smallest absolute Gasteiger partial charge is 0.405 e. The number of ether oxygens (including phenoxy) is 1. The number of primary amides is 1. The van der Waals surface area contributed by atoms with Crippen LogP contribution in [0.4, 0.5) is 9.18 Å². The molecule has 0 aliphatic rings. The van der Waals surface area contributed by atoms with Gasteiger partial charge in [-0.2, -0.15) is 0 Å². The Hall–Kier alpha value is -0.850. The third-order valence-corrected chi connectivity index (χ3v) is 2.30. The molecule has 0 aromatic rings. The lowest BCUT2D eigenvalue weighted by Crippen LogP contribution is -2.23. The van der Waals surface area contributed by atoms with Gasteiger partial charge in [-0.05, 0) is 6.92 Å². The molecule has 1 unspecified atom stereocenters. The summed E-state index contributed by atoms with van der Waals surface area (Å²) in [5.74, 6) is -1.01. The van der Waals surface area contributed by atoms with Crippen LogP contribution in [0.3, 0.4) is 0 Å². The molecule has 66 valence electrons. The van der Waals surface area contributed by atoms with Gasteiger partial charge in [0.15, 0.2) is 5.94 Å². The number of nitrogens with two attached hydrogens (primary N) is 1. The van der Waals surface area contributed by atoms with Gasteiger partial charge in [0.1, 0.15) is 0 Å². The molecule has 0 saturated heterocycles. The molecule has 2 N–H and O–H groups in total. The van der Waals surface area contributed by atoms with E-state index in [-0.39, 0.29) is 0 Å². The molecule has 0 aromatic carbocycles. The van der Waals surface area contributed by atoms with Crippen molar-refractivity contribution in [3.8, 4) is 0 Å². The summed E-state index contributed by atoms with van der Waals surface area (Å²) in [6.45, 7) is 0.833. The fourth-order valence-electron chi connectivity index (χ4n) is 0.234. The van der Waals surface area contributed by atoms with Gasteiger partial charge in [-0.25, -0.2) is 17.6 Å². The zero-order chi connectivity index (χ0) is 9.07. The van der Waals surface area contributed by atoms with Crippen molar-refractivity contribution in [1.82, 2.24) is 0 Å². The molecule has 0 radical (unpaired) electrons. The monoisotopic (exact) mass is 185 g/mol. The van der Waals surface area contributed by atoms with Gasteiger partial charge in [0.2, 0.25) is 15.3 Å². The van der Waals surface area contributed by atoms with Crippen molar-refractivity contribution in [2.24, 2.45) is 5.73 Å². The Morgan fingerprint density at radius 2 is 2.18 bits per heavy atom. The molecule has 0 fully saturated rings. The molecule has 1 atom stereocenters. The zero-order valence-electron chi connectivity index (χ0n) is 5.78. The van der Waals surface area contributed by atoms with Crippen molar-refractivity contribution in [3.63, 3.8) is 0 Å². The van der Waals surface area contributed by atoms with Gasteiger partial charge in [-0.1, -0.05) is 0 Å². The largest absolute Gasteiger partial charge is 0.433 e. The van der Waals surface area contributed by atoms with E-state index in [4.69, 9.17) is 0 Å². The highest BCUT2D eigenvalue weighted by Crippen LogP contribution is 2.02. The lowest BCUT2D eigenvalue weighted by atomic mass is 10.9. The van der Waals surface area contributed by atoms with Crippen molar-refractivity contribution >= 4 is 15.9 Å². The maximum Gasteiger partial charge on any atom is 0.405 e. The van der Waals surface area contributed by atoms with Crippen LogP contribution in [0.5, 0.6) is 0 Å². The van der Waals surface area contributed by atoms with Crippen molar-refractivity contribution in [2.45, 2.75) is 12.4 Å². The molecule has 0 spiro atoms. The van der Waals surface area contributed by atoms with E-state index in [2.05, 4.69) is 10.5 Å². The minimum Gasteiger partial charge on any atom is -0.433 e. The molecule has 11 heavy (non-hydrogen) atoms. The Kier molecular flexibility index (Phi) is 3.24. The maximum absolute atomic E-state index is 12.1. The first kappa shape index (κ1) is 10.2.